The molecule has 1 atom stereocenters. The number of nitrogens with zero attached hydrogens (tertiary/aromatic N) is 1. The van der Waals surface area contributed by atoms with Crippen molar-refractivity contribution in [1.29, 1.82) is 0 Å². The molecule has 1 aliphatic heterocycles. The zero-order valence-corrected chi connectivity index (χ0v) is 15.8. The van der Waals surface area contributed by atoms with E-state index in [9.17, 15) is 4.79 Å². The van der Waals surface area contributed by atoms with Crippen LogP contribution in [-0.4, -0.2) is 30.1 Å². The van der Waals surface area contributed by atoms with E-state index in [0.717, 1.165) is 47.2 Å². The van der Waals surface area contributed by atoms with E-state index in [2.05, 4.69) is 36.5 Å². The highest BCUT2D eigenvalue weighted by atomic mass is 16.5. The number of hydrogen-bond donors (Lipinski definition) is 1. The molecule has 4 rings (SSSR count). The summed E-state index contributed by atoms with van der Waals surface area (Å²) < 4.78 is 5.62. The van der Waals surface area contributed by atoms with E-state index in [-0.39, 0.29) is 12.0 Å². The van der Waals surface area contributed by atoms with E-state index >= 15 is 0 Å². The highest BCUT2D eigenvalue weighted by Crippen LogP contribution is 2.27. The van der Waals surface area contributed by atoms with Gasteiger partial charge in [0.2, 0.25) is 0 Å². The van der Waals surface area contributed by atoms with Crippen molar-refractivity contribution in [1.82, 2.24) is 10.3 Å². The van der Waals surface area contributed by atoms with Crippen LogP contribution in [0.1, 0.15) is 34.3 Å². The maximum Gasteiger partial charge on any atom is 0.252 e. The number of benzene rings is 2. The van der Waals surface area contributed by atoms with Crippen molar-refractivity contribution >= 4 is 16.8 Å². The van der Waals surface area contributed by atoms with Gasteiger partial charge in [-0.05, 0) is 38.3 Å². The summed E-state index contributed by atoms with van der Waals surface area (Å²) in [6, 6.07) is 16.1. The monoisotopic (exact) mass is 360 g/mol. The van der Waals surface area contributed by atoms with Crippen LogP contribution in [0.4, 0.5) is 0 Å². The average Bonchev–Trinajstić information content (AvgIpc) is 3.20. The van der Waals surface area contributed by atoms with Gasteiger partial charge in [0.05, 0.1) is 22.9 Å². The quantitative estimate of drug-likeness (QED) is 0.749. The zero-order chi connectivity index (χ0) is 18.8. The molecule has 0 spiro atoms. The Kier molecular flexibility index (Phi) is 4.90. The predicted octanol–water partition coefficient (Wildman–Crippen LogP) is 4.43. The smallest absolute Gasteiger partial charge is 0.252 e. The highest BCUT2D eigenvalue weighted by Gasteiger charge is 2.19. The van der Waals surface area contributed by atoms with E-state index in [1.165, 1.54) is 5.56 Å². The molecule has 1 saturated heterocycles. The zero-order valence-electron chi connectivity index (χ0n) is 15.8. The molecule has 1 amide bonds. The van der Waals surface area contributed by atoms with Crippen molar-refractivity contribution in [3.8, 4) is 11.3 Å². The predicted molar refractivity (Wildman–Crippen MR) is 108 cm³/mol. The molecule has 4 heteroatoms. The molecule has 0 aliphatic carbocycles. The van der Waals surface area contributed by atoms with Crippen LogP contribution in [0, 0.1) is 13.8 Å². The summed E-state index contributed by atoms with van der Waals surface area (Å²) in [6.07, 6.45) is 2.20. The fraction of sp³-hybridized carbons (Fsp3) is 0.304. The largest absolute Gasteiger partial charge is 0.376 e. The van der Waals surface area contributed by atoms with Crippen LogP contribution in [-0.2, 0) is 4.74 Å². The Labute approximate surface area is 159 Å². The number of carbonyl (C=O) groups excluding carboxylic acids is 1. The Hall–Kier alpha value is -2.72. The van der Waals surface area contributed by atoms with Gasteiger partial charge in [-0.15, -0.1) is 0 Å². The van der Waals surface area contributed by atoms with Gasteiger partial charge in [-0.2, -0.15) is 0 Å². The third-order valence-electron chi connectivity index (χ3n) is 5.15. The lowest BCUT2D eigenvalue weighted by Crippen LogP contribution is -2.32. The molecule has 1 fully saturated rings. The van der Waals surface area contributed by atoms with Crippen molar-refractivity contribution in [3.63, 3.8) is 0 Å². The van der Waals surface area contributed by atoms with Crippen molar-refractivity contribution < 1.29 is 9.53 Å². The third kappa shape index (κ3) is 3.71. The Morgan fingerprint density at radius 3 is 2.74 bits per heavy atom. The first-order chi connectivity index (χ1) is 13.1. The number of rotatable bonds is 4. The first-order valence-corrected chi connectivity index (χ1v) is 9.49. The molecule has 0 unspecified atom stereocenters. The molecule has 0 saturated carbocycles. The van der Waals surface area contributed by atoms with Gasteiger partial charge in [-0.25, -0.2) is 4.98 Å². The Morgan fingerprint density at radius 2 is 2.00 bits per heavy atom. The minimum absolute atomic E-state index is 0.0724. The minimum atomic E-state index is -0.0724. The summed E-state index contributed by atoms with van der Waals surface area (Å²) in [4.78, 5) is 17.8. The Balaban J connectivity index is 1.74. The maximum atomic E-state index is 13.0. The number of aryl methyl sites for hydroxylation is 2. The summed E-state index contributed by atoms with van der Waals surface area (Å²) in [5.41, 5.74) is 5.63. The molecule has 2 aromatic carbocycles. The number of pyridine rings is 1. The lowest BCUT2D eigenvalue weighted by atomic mass is 10.0. The summed E-state index contributed by atoms with van der Waals surface area (Å²) in [5.74, 6) is -0.0724. The van der Waals surface area contributed by atoms with Crippen LogP contribution in [0.5, 0.6) is 0 Å². The van der Waals surface area contributed by atoms with E-state index in [1.54, 1.807) is 0 Å². The van der Waals surface area contributed by atoms with Crippen molar-refractivity contribution in [3.05, 3.63) is 65.2 Å². The molecular weight excluding hydrogens is 336 g/mol. The Morgan fingerprint density at radius 1 is 1.19 bits per heavy atom. The number of hydrogen-bond acceptors (Lipinski definition) is 3. The number of aromatic nitrogens is 1. The topological polar surface area (TPSA) is 51.2 Å². The minimum Gasteiger partial charge on any atom is -0.376 e. The van der Waals surface area contributed by atoms with Gasteiger partial charge in [-0.3, -0.25) is 4.79 Å². The van der Waals surface area contributed by atoms with E-state index in [4.69, 9.17) is 9.72 Å². The summed E-state index contributed by atoms with van der Waals surface area (Å²) in [7, 11) is 0. The second-order valence-corrected chi connectivity index (χ2v) is 7.24. The SMILES string of the molecule is Cc1ccc(-c2cc(C(=O)NC[C@@H]3CCCO3)c3cccc(C)c3n2)cc1. The van der Waals surface area contributed by atoms with Gasteiger partial charge < -0.3 is 10.1 Å². The molecule has 3 aromatic rings. The maximum absolute atomic E-state index is 13.0. The van der Waals surface area contributed by atoms with Gasteiger partial charge in [-0.1, -0.05) is 48.0 Å². The summed E-state index contributed by atoms with van der Waals surface area (Å²) in [6.45, 7) is 5.43. The molecule has 0 bridgehead atoms. The fourth-order valence-electron chi connectivity index (χ4n) is 3.56. The van der Waals surface area contributed by atoms with Crippen LogP contribution >= 0.6 is 0 Å². The lowest BCUT2D eigenvalue weighted by molar-refractivity contribution is 0.0859. The average molecular weight is 360 g/mol. The number of ether oxygens (including phenoxy) is 1. The van der Waals surface area contributed by atoms with Crippen molar-refractivity contribution in [2.75, 3.05) is 13.2 Å². The third-order valence-corrected chi connectivity index (χ3v) is 5.15. The number of amides is 1. The van der Waals surface area contributed by atoms with Gasteiger partial charge in [0.15, 0.2) is 0 Å². The van der Waals surface area contributed by atoms with Gasteiger partial charge in [0, 0.05) is 24.1 Å². The van der Waals surface area contributed by atoms with Crippen LogP contribution in [0.2, 0.25) is 0 Å². The fourth-order valence-corrected chi connectivity index (χ4v) is 3.56. The molecular formula is C23H24N2O2. The first kappa shape index (κ1) is 17.7. The number of nitrogens with one attached hydrogen (secondary N) is 1. The van der Waals surface area contributed by atoms with Crippen molar-refractivity contribution in [2.24, 2.45) is 0 Å². The summed E-state index contributed by atoms with van der Waals surface area (Å²) in [5, 5.41) is 3.93. The highest BCUT2D eigenvalue weighted by molar-refractivity contribution is 6.07. The van der Waals surface area contributed by atoms with E-state index in [1.807, 2.05) is 31.2 Å². The second kappa shape index (κ2) is 7.49. The van der Waals surface area contributed by atoms with Crippen LogP contribution in [0.25, 0.3) is 22.2 Å². The standard InChI is InChI=1S/C23H24N2O2/c1-15-8-10-17(11-9-15)21-13-20(19-7-3-5-16(2)22(19)25-21)23(26)24-14-18-6-4-12-27-18/h3,5,7-11,13,18H,4,6,12,14H2,1-2H3,(H,24,26)/t18-/m0/s1. The molecule has 1 aliphatic rings. The molecule has 4 nitrogen and oxygen atoms in total. The van der Waals surface area contributed by atoms with Gasteiger partial charge in [0.25, 0.3) is 5.91 Å². The van der Waals surface area contributed by atoms with Crippen LogP contribution in [0.3, 0.4) is 0 Å². The number of fused-ring (bicyclic) bond motifs is 1. The first-order valence-electron chi connectivity index (χ1n) is 9.49. The van der Waals surface area contributed by atoms with Gasteiger partial charge in [0.1, 0.15) is 0 Å². The molecule has 138 valence electrons. The normalized spacial score (nSPS) is 16.6. The Bertz CT molecular complexity index is 974. The van der Waals surface area contributed by atoms with Crippen LogP contribution < -0.4 is 5.32 Å². The number of para-hydroxylation sites is 1. The molecule has 1 aromatic heterocycles. The van der Waals surface area contributed by atoms with E-state index < -0.39 is 0 Å². The second-order valence-electron chi connectivity index (χ2n) is 7.24. The molecule has 27 heavy (non-hydrogen) atoms. The molecule has 1 N–H and O–H groups in total. The van der Waals surface area contributed by atoms with Crippen LogP contribution in [0.15, 0.2) is 48.5 Å². The van der Waals surface area contributed by atoms with Crippen molar-refractivity contribution in [2.45, 2.75) is 32.8 Å². The summed E-state index contributed by atoms with van der Waals surface area (Å²) >= 11 is 0. The van der Waals surface area contributed by atoms with Gasteiger partial charge >= 0.3 is 0 Å². The molecule has 0 radical (unpaired) electrons. The molecule has 2 heterocycles. The van der Waals surface area contributed by atoms with E-state index in [0.29, 0.717) is 12.1 Å². The number of carbonyl (C=O) groups is 1. The lowest BCUT2D eigenvalue weighted by Gasteiger charge is -2.14.